The molecule has 0 spiro atoms. The lowest BCUT2D eigenvalue weighted by atomic mass is 9.90. The van der Waals surface area contributed by atoms with Crippen molar-refractivity contribution in [3.63, 3.8) is 0 Å². The SMILES string of the molecule is CC(=O)C1(C)CSC1. The number of carbonyl (C=O) groups excluding carboxylic acids is 1. The molecule has 1 saturated heterocycles. The number of Topliss-reactive ketones (excluding diaryl/α,β-unsaturated/α-hetero) is 1. The van der Waals surface area contributed by atoms with Crippen LogP contribution in [-0.2, 0) is 4.79 Å². The number of thioether (sulfide) groups is 1. The molecule has 46 valence electrons. The summed E-state index contributed by atoms with van der Waals surface area (Å²) in [5.74, 6) is 2.40. The molecule has 0 amide bonds. The van der Waals surface area contributed by atoms with Gasteiger partial charge in [0, 0.05) is 16.9 Å². The normalized spacial score (nSPS) is 24.2. The lowest BCUT2D eigenvalue weighted by Gasteiger charge is -2.34. The van der Waals surface area contributed by atoms with E-state index in [1.54, 1.807) is 6.92 Å². The zero-order valence-corrected chi connectivity index (χ0v) is 6.05. The lowest BCUT2D eigenvalue weighted by molar-refractivity contribution is -0.124. The lowest BCUT2D eigenvalue weighted by Crippen LogP contribution is -2.38. The summed E-state index contributed by atoms with van der Waals surface area (Å²) < 4.78 is 0. The molecule has 1 aliphatic heterocycles. The van der Waals surface area contributed by atoms with E-state index < -0.39 is 0 Å². The van der Waals surface area contributed by atoms with Crippen molar-refractivity contribution in [3.8, 4) is 0 Å². The molecule has 0 bridgehead atoms. The van der Waals surface area contributed by atoms with Crippen LogP contribution in [0.15, 0.2) is 0 Å². The molecule has 2 heteroatoms. The van der Waals surface area contributed by atoms with Crippen LogP contribution in [0, 0.1) is 5.41 Å². The molecule has 1 fully saturated rings. The van der Waals surface area contributed by atoms with Crippen molar-refractivity contribution in [2.45, 2.75) is 13.8 Å². The third kappa shape index (κ3) is 0.772. The van der Waals surface area contributed by atoms with Crippen LogP contribution < -0.4 is 0 Å². The molecule has 0 unspecified atom stereocenters. The van der Waals surface area contributed by atoms with Crippen LogP contribution in [0.1, 0.15) is 13.8 Å². The zero-order valence-electron chi connectivity index (χ0n) is 5.23. The van der Waals surface area contributed by atoms with Crippen molar-refractivity contribution in [2.24, 2.45) is 5.41 Å². The van der Waals surface area contributed by atoms with Crippen LogP contribution in [0.25, 0.3) is 0 Å². The molecule has 0 aromatic rings. The monoisotopic (exact) mass is 130 g/mol. The summed E-state index contributed by atoms with van der Waals surface area (Å²) in [6.07, 6.45) is 0. The Kier molecular flexibility index (Phi) is 1.35. The molecule has 0 saturated carbocycles. The van der Waals surface area contributed by atoms with Gasteiger partial charge in [-0.2, -0.15) is 11.8 Å². The Balaban J connectivity index is 2.53. The van der Waals surface area contributed by atoms with Crippen molar-refractivity contribution >= 4 is 17.5 Å². The van der Waals surface area contributed by atoms with Gasteiger partial charge >= 0.3 is 0 Å². The molecule has 0 aromatic heterocycles. The minimum atomic E-state index is 0.0463. The highest BCUT2D eigenvalue weighted by Gasteiger charge is 2.36. The van der Waals surface area contributed by atoms with Gasteiger partial charge in [0.25, 0.3) is 0 Å². The highest BCUT2D eigenvalue weighted by Crippen LogP contribution is 2.37. The predicted molar refractivity (Wildman–Crippen MR) is 36.1 cm³/mol. The molecule has 0 N–H and O–H groups in total. The van der Waals surface area contributed by atoms with Gasteiger partial charge < -0.3 is 0 Å². The van der Waals surface area contributed by atoms with E-state index >= 15 is 0 Å². The standard InChI is InChI=1S/C6H10OS/c1-5(7)6(2)3-8-4-6/h3-4H2,1-2H3. The maximum atomic E-state index is 10.7. The van der Waals surface area contributed by atoms with E-state index in [1.807, 2.05) is 18.7 Å². The fourth-order valence-electron chi connectivity index (χ4n) is 0.612. The summed E-state index contributed by atoms with van der Waals surface area (Å²) in [4.78, 5) is 10.7. The van der Waals surface area contributed by atoms with Gasteiger partial charge in [-0.25, -0.2) is 0 Å². The second kappa shape index (κ2) is 1.76. The minimum Gasteiger partial charge on any atom is -0.299 e. The van der Waals surface area contributed by atoms with Crippen LogP contribution in [0.3, 0.4) is 0 Å². The Labute approximate surface area is 53.8 Å². The van der Waals surface area contributed by atoms with Crippen LogP contribution >= 0.6 is 11.8 Å². The fraction of sp³-hybridized carbons (Fsp3) is 0.833. The summed E-state index contributed by atoms with van der Waals surface area (Å²) >= 11 is 1.85. The van der Waals surface area contributed by atoms with Gasteiger partial charge in [-0.1, -0.05) is 6.92 Å². The Morgan fingerprint density at radius 1 is 1.62 bits per heavy atom. The average Bonchev–Trinajstić information content (AvgIpc) is 1.60. The van der Waals surface area contributed by atoms with Gasteiger partial charge in [0.2, 0.25) is 0 Å². The van der Waals surface area contributed by atoms with Gasteiger partial charge in [-0.05, 0) is 6.92 Å². The second-order valence-electron chi connectivity index (χ2n) is 2.61. The Morgan fingerprint density at radius 2 is 2.12 bits per heavy atom. The topological polar surface area (TPSA) is 17.1 Å². The minimum absolute atomic E-state index is 0.0463. The first-order valence-corrected chi connectivity index (χ1v) is 3.89. The van der Waals surface area contributed by atoms with E-state index in [4.69, 9.17) is 0 Å². The third-order valence-electron chi connectivity index (χ3n) is 1.69. The first-order valence-electron chi connectivity index (χ1n) is 2.74. The summed E-state index contributed by atoms with van der Waals surface area (Å²) in [5, 5.41) is 0. The van der Waals surface area contributed by atoms with Gasteiger partial charge in [-0.15, -0.1) is 0 Å². The molecule has 0 aliphatic carbocycles. The molecule has 1 heterocycles. The van der Waals surface area contributed by atoms with Crippen LogP contribution in [0.2, 0.25) is 0 Å². The Hall–Kier alpha value is 0.0200. The van der Waals surface area contributed by atoms with E-state index in [9.17, 15) is 4.79 Å². The Bertz CT molecular complexity index is 116. The molecular formula is C6H10OS. The van der Waals surface area contributed by atoms with Crippen molar-refractivity contribution in [3.05, 3.63) is 0 Å². The van der Waals surface area contributed by atoms with Crippen LogP contribution in [-0.4, -0.2) is 17.3 Å². The number of carbonyl (C=O) groups is 1. The van der Waals surface area contributed by atoms with Gasteiger partial charge in [0.05, 0.1) is 0 Å². The van der Waals surface area contributed by atoms with Crippen LogP contribution in [0.5, 0.6) is 0 Å². The largest absolute Gasteiger partial charge is 0.299 e. The zero-order chi connectivity index (χ0) is 6.20. The van der Waals surface area contributed by atoms with Gasteiger partial charge in [0.15, 0.2) is 0 Å². The maximum absolute atomic E-state index is 10.7. The highest BCUT2D eigenvalue weighted by molar-refractivity contribution is 8.00. The van der Waals surface area contributed by atoms with Crippen molar-refractivity contribution < 1.29 is 4.79 Å². The summed E-state index contributed by atoms with van der Waals surface area (Å²) in [7, 11) is 0. The van der Waals surface area contributed by atoms with E-state index in [-0.39, 0.29) is 5.41 Å². The highest BCUT2D eigenvalue weighted by atomic mass is 32.2. The molecule has 1 nitrogen and oxygen atoms in total. The van der Waals surface area contributed by atoms with Gasteiger partial charge in [0.1, 0.15) is 5.78 Å². The third-order valence-corrected chi connectivity index (χ3v) is 3.37. The fourth-order valence-corrected chi connectivity index (χ4v) is 1.83. The van der Waals surface area contributed by atoms with Gasteiger partial charge in [-0.3, -0.25) is 4.79 Å². The van der Waals surface area contributed by atoms with E-state index in [1.165, 1.54) is 0 Å². The van der Waals surface area contributed by atoms with Crippen molar-refractivity contribution in [1.82, 2.24) is 0 Å². The molecule has 0 radical (unpaired) electrons. The molecular weight excluding hydrogens is 120 g/mol. The van der Waals surface area contributed by atoms with Crippen molar-refractivity contribution in [2.75, 3.05) is 11.5 Å². The summed E-state index contributed by atoms with van der Waals surface area (Å²) in [6, 6.07) is 0. The number of ketones is 1. The average molecular weight is 130 g/mol. The Morgan fingerprint density at radius 3 is 2.12 bits per heavy atom. The smallest absolute Gasteiger partial charge is 0.137 e. The molecule has 0 aromatic carbocycles. The summed E-state index contributed by atoms with van der Waals surface area (Å²) in [5.41, 5.74) is 0.0463. The molecule has 8 heavy (non-hydrogen) atoms. The van der Waals surface area contributed by atoms with E-state index in [0.29, 0.717) is 5.78 Å². The summed E-state index contributed by atoms with van der Waals surface area (Å²) in [6.45, 7) is 3.71. The van der Waals surface area contributed by atoms with E-state index in [0.717, 1.165) is 11.5 Å². The number of hydrogen-bond donors (Lipinski definition) is 0. The first-order chi connectivity index (χ1) is 3.65. The number of hydrogen-bond acceptors (Lipinski definition) is 2. The second-order valence-corrected chi connectivity index (χ2v) is 3.60. The first kappa shape index (κ1) is 6.14. The van der Waals surface area contributed by atoms with Crippen LogP contribution in [0.4, 0.5) is 0 Å². The van der Waals surface area contributed by atoms with E-state index in [2.05, 4.69) is 0 Å². The predicted octanol–water partition coefficient (Wildman–Crippen LogP) is 1.33. The molecule has 1 rings (SSSR count). The number of rotatable bonds is 1. The maximum Gasteiger partial charge on any atom is 0.137 e. The van der Waals surface area contributed by atoms with Crippen molar-refractivity contribution in [1.29, 1.82) is 0 Å². The molecule has 1 aliphatic rings. The quantitative estimate of drug-likeness (QED) is 0.532. The molecule has 0 atom stereocenters.